The summed E-state index contributed by atoms with van der Waals surface area (Å²) in [6.07, 6.45) is 3.09. The molecule has 6 nitrogen and oxygen atoms in total. The Morgan fingerprint density at radius 3 is 2.41 bits per heavy atom. The van der Waals surface area contributed by atoms with Crippen molar-refractivity contribution in [3.63, 3.8) is 0 Å². The number of hydrogen-bond donors (Lipinski definition) is 1. The van der Waals surface area contributed by atoms with E-state index in [1.54, 1.807) is 29.8 Å². The van der Waals surface area contributed by atoms with Crippen molar-refractivity contribution in [3.05, 3.63) is 83.6 Å². The third-order valence-electron chi connectivity index (χ3n) is 5.43. The number of amides is 1. The van der Waals surface area contributed by atoms with Gasteiger partial charge in [-0.15, -0.1) is 0 Å². The second-order valence-corrected chi connectivity index (χ2v) is 7.52. The Morgan fingerprint density at radius 2 is 1.66 bits per heavy atom. The number of hydrogen-bond acceptors (Lipinski definition) is 4. The molecule has 3 aromatic heterocycles. The van der Waals surface area contributed by atoms with Crippen molar-refractivity contribution in [1.29, 1.82) is 0 Å². The van der Waals surface area contributed by atoms with Gasteiger partial charge in [0.1, 0.15) is 28.5 Å². The summed E-state index contributed by atoms with van der Waals surface area (Å²) in [5, 5.41) is 0.0284. The molecule has 8 heteroatoms. The maximum absolute atomic E-state index is 14.8. The number of rotatable bonds is 3. The lowest BCUT2D eigenvalue weighted by Crippen LogP contribution is -2.12. The fourth-order valence-corrected chi connectivity index (χ4v) is 4.04. The molecule has 2 aromatic carbocycles. The summed E-state index contributed by atoms with van der Waals surface area (Å²) in [6, 6.07) is 10.9. The number of carbonyl (C=O) groups excluding carboxylic acids is 1. The molecule has 0 atom stereocenters. The summed E-state index contributed by atoms with van der Waals surface area (Å²) in [5.74, 6) is -1.39. The first-order valence-corrected chi connectivity index (χ1v) is 9.84. The normalized spacial score (nSPS) is 11.4. The summed E-state index contributed by atoms with van der Waals surface area (Å²) in [7, 11) is 0. The number of imidazole rings is 1. The predicted molar refractivity (Wildman–Crippen MR) is 118 cm³/mol. The van der Waals surface area contributed by atoms with Crippen molar-refractivity contribution >= 4 is 27.8 Å². The van der Waals surface area contributed by atoms with Crippen LogP contribution in [0.2, 0.25) is 0 Å². The fourth-order valence-electron chi connectivity index (χ4n) is 4.04. The first kappa shape index (κ1) is 19.7. The third-order valence-corrected chi connectivity index (χ3v) is 5.43. The number of halogens is 2. The monoisotopic (exact) mass is 429 g/mol. The molecule has 0 unspecified atom stereocenters. The molecule has 0 spiro atoms. The van der Waals surface area contributed by atoms with Crippen molar-refractivity contribution in [3.8, 4) is 16.8 Å². The summed E-state index contributed by atoms with van der Waals surface area (Å²) in [5.41, 5.74) is 9.48. The number of aryl methyl sites for hydroxylation is 2. The van der Waals surface area contributed by atoms with Gasteiger partial charge in [-0.2, -0.15) is 0 Å². The quantitative estimate of drug-likeness (QED) is 0.453. The Kier molecular flexibility index (Phi) is 4.44. The molecule has 5 rings (SSSR count). The van der Waals surface area contributed by atoms with E-state index in [1.807, 2.05) is 25.1 Å². The Bertz CT molecular complexity index is 1560. The van der Waals surface area contributed by atoms with Crippen LogP contribution in [0.3, 0.4) is 0 Å². The van der Waals surface area contributed by atoms with Gasteiger partial charge in [0.2, 0.25) is 0 Å². The van der Waals surface area contributed by atoms with Crippen LogP contribution in [-0.4, -0.2) is 25.4 Å². The van der Waals surface area contributed by atoms with E-state index in [1.165, 1.54) is 6.20 Å². The van der Waals surface area contributed by atoms with E-state index in [0.717, 1.165) is 29.0 Å². The number of aromatic nitrogens is 4. The van der Waals surface area contributed by atoms with E-state index in [2.05, 4.69) is 15.0 Å². The van der Waals surface area contributed by atoms with Crippen LogP contribution in [0.5, 0.6) is 0 Å². The van der Waals surface area contributed by atoms with Gasteiger partial charge in [0.05, 0.1) is 22.2 Å². The maximum Gasteiger partial charge on any atom is 0.250 e. The number of nitrogens with zero attached hydrogens (tertiary/aromatic N) is 4. The maximum atomic E-state index is 14.8. The Labute approximate surface area is 181 Å². The van der Waals surface area contributed by atoms with Crippen LogP contribution in [0.1, 0.15) is 21.9 Å². The van der Waals surface area contributed by atoms with E-state index in [9.17, 15) is 13.6 Å². The molecule has 3 heterocycles. The third kappa shape index (κ3) is 2.99. The summed E-state index contributed by atoms with van der Waals surface area (Å²) in [6.45, 7) is 3.59. The standard InChI is InChI=1S/C24H17F2N5O/c1-12-9-14(5-7-28-12)15-10-16(24(27)32)22-20(11-15)31(13(2)30-22)19-6-8-29-23-18(26)4-3-17(25)21(19)23/h3-11H,1-2H3,(H2,27,32). The van der Waals surface area contributed by atoms with Crippen LogP contribution < -0.4 is 5.73 Å². The molecule has 0 bridgehead atoms. The molecule has 2 N–H and O–H groups in total. The first-order valence-electron chi connectivity index (χ1n) is 9.84. The topological polar surface area (TPSA) is 86.7 Å². The molecule has 0 radical (unpaired) electrons. The molecule has 5 aromatic rings. The number of pyridine rings is 2. The lowest BCUT2D eigenvalue weighted by Gasteiger charge is -2.13. The van der Waals surface area contributed by atoms with Gasteiger partial charge in [0.25, 0.3) is 5.91 Å². The lowest BCUT2D eigenvalue weighted by atomic mass is 10.0. The smallest absolute Gasteiger partial charge is 0.250 e. The molecule has 32 heavy (non-hydrogen) atoms. The molecule has 0 fully saturated rings. The molecule has 0 saturated carbocycles. The minimum absolute atomic E-state index is 0.0284. The van der Waals surface area contributed by atoms with Gasteiger partial charge in [0, 0.05) is 18.1 Å². The van der Waals surface area contributed by atoms with E-state index < -0.39 is 17.5 Å². The highest BCUT2D eigenvalue weighted by molar-refractivity contribution is 6.07. The van der Waals surface area contributed by atoms with Crippen molar-refractivity contribution in [2.24, 2.45) is 5.73 Å². The zero-order valence-corrected chi connectivity index (χ0v) is 17.2. The fraction of sp³-hybridized carbons (Fsp3) is 0.0833. The molecule has 0 aliphatic carbocycles. The van der Waals surface area contributed by atoms with Crippen molar-refractivity contribution in [1.82, 2.24) is 19.5 Å². The van der Waals surface area contributed by atoms with Gasteiger partial charge in [0.15, 0.2) is 0 Å². The number of carbonyl (C=O) groups is 1. The molecular formula is C24H17F2N5O. The van der Waals surface area contributed by atoms with Crippen molar-refractivity contribution < 1.29 is 13.6 Å². The number of nitrogens with two attached hydrogens (primary N) is 1. The van der Waals surface area contributed by atoms with Gasteiger partial charge in [-0.1, -0.05) is 0 Å². The van der Waals surface area contributed by atoms with Crippen LogP contribution in [0.4, 0.5) is 8.78 Å². The molecule has 158 valence electrons. The summed E-state index contributed by atoms with van der Waals surface area (Å²) >= 11 is 0. The van der Waals surface area contributed by atoms with Crippen LogP contribution in [0.15, 0.2) is 54.9 Å². The van der Waals surface area contributed by atoms with Crippen molar-refractivity contribution in [2.45, 2.75) is 13.8 Å². The Morgan fingerprint density at radius 1 is 0.906 bits per heavy atom. The van der Waals surface area contributed by atoms with Gasteiger partial charge < -0.3 is 5.73 Å². The number of primary amides is 1. The minimum Gasteiger partial charge on any atom is -0.366 e. The summed E-state index contributed by atoms with van der Waals surface area (Å²) in [4.78, 5) is 25.0. The van der Waals surface area contributed by atoms with Crippen LogP contribution in [-0.2, 0) is 0 Å². The highest BCUT2D eigenvalue weighted by Crippen LogP contribution is 2.33. The summed E-state index contributed by atoms with van der Waals surface area (Å²) < 4.78 is 30.9. The van der Waals surface area contributed by atoms with E-state index in [0.29, 0.717) is 22.5 Å². The van der Waals surface area contributed by atoms with Gasteiger partial charge in [-0.25, -0.2) is 13.8 Å². The second kappa shape index (κ2) is 7.19. The lowest BCUT2D eigenvalue weighted by molar-refractivity contribution is 0.100. The minimum atomic E-state index is -0.635. The number of fused-ring (bicyclic) bond motifs is 2. The average molecular weight is 429 g/mol. The average Bonchev–Trinajstić information content (AvgIpc) is 3.10. The van der Waals surface area contributed by atoms with Crippen LogP contribution in [0.25, 0.3) is 38.8 Å². The van der Waals surface area contributed by atoms with Crippen molar-refractivity contribution in [2.75, 3.05) is 0 Å². The highest BCUT2D eigenvalue weighted by Gasteiger charge is 2.21. The second-order valence-electron chi connectivity index (χ2n) is 7.52. The zero-order chi connectivity index (χ0) is 22.6. The largest absolute Gasteiger partial charge is 0.366 e. The molecule has 0 saturated heterocycles. The van der Waals surface area contributed by atoms with Gasteiger partial charge >= 0.3 is 0 Å². The van der Waals surface area contributed by atoms with E-state index >= 15 is 0 Å². The van der Waals surface area contributed by atoms with E-state index in [4.69, 9.17) is 5.73 Å². The number of benzene rings is 2. The van der Waals surface area contributed by atoms with Crippen LogP contribution in [0, 0.1) is 25.5 Å². The van der Waals surface area contributed by atoms with Gasteiger partial charge in [-0.3, -0.25) is 19.3 Å². The first-order chi connectivity index (χ1) is 15.3. The Balaban J connectivity index is 1.90. The van der Waals surface area contributed by atoms with Crippen LogP contribution >= 0.6 is 0 Å². The zero-order valence-electron chi connectivity index (χ0n) is 17.2. The molecular weight excluding hydrogens is 412 g/mol. The molecule has 0 aliphatic heterocycles. The SMILES string of the molecule is Cc1cc(-c2cc(C(N)=O)c3nc(C)n(-c4ccnc5c(F)ccc(F)c45)c3c2)ccn1. The molecule has 0 aliphatic rings. The highest BCUT2D eigenvalue weighted by atomic mass is 19.1. The molecule has 1 amide bonds. The predicted octanol–water partition coefficient (Wildman–Crippen LogP) is 4.63. The Hall–Kier alpha value is -4.20. The van der Waals surface area contributed by atoms with Gasteiger partial charge in [-0.05, 0) is 67.4 Å². The van der Waals surface area contributed by atoms with E-state index in [-0.39, 0.29) is 16.5 Å².